The molecule has 4 heteroatoms. The summed E-state index contributed by atoms with van der Waals surface area (Å²) in [6.45, 7) is 0.533. The summed E-state index contributed by atoms with van der Waals surface area (Å²) in [6, 6.07) is 3.75. The molecule has 0 atom stereocenters. The minimum atomic E-state index is 0.533. The summed E-state index contributed by atoms with van der Waals surface area (Å²) < 4.78 is 0. The lowest BCUT2D eigenvalue weighted by Gasteiger charge is -2.16. The van der Waals surface area contributed by atoms with E-state index in [-0.39, 0.29) is 0 Å². The van der Waals surface area contributed by atoms with Crippen molar-refractivity contribution >= 4 is 33.5 Å². The Kier molecular flexibility index (Phi) is 2.88. The van der Waals surface area contributed by atoms with Crippen LogP contribution in [-0.4, -0.2) is 24.9 Å². The zero-order valence-electron chi connectivity index (χ0n) is 8.80. The summed E-state index contributed by atoms with van der Waals surface area (Å²) in [6.07, 6.45) is 7.86. The topological polar surface area (TPSA) is 33.2 Å². The van der Waals surface area contributed by atoms with E-state index in [4.69, 9.17) is 6.42 Å². The fourth-order valence-electron chi connectivity index (χ4n) is 1.56. The van der Waals surface area contributed by atoms with Crippen molar-refractivity contribution in [2.75, 3.05) is 18.5 Å². The molecule has 0 N–H and O–H groups in total. The molecule has 0 aromatic carbocycles. The molecule has 0 bridgehead atoms. The number of rotatable bonds is 3. The second kappa shape index (κ2) is 4.33. The predicted molar refractivity (Wildman–Crippen MR) is 67.1 cm³/mol. The van der Waals surface area contributed by atoms with Crippen LogP contribution in [0.4, 0.5) is 5.69 Å². The maximum absolute atomic E-state index is 10.7. The molecule has 3 nitrogen and oxygen atoms in total. The van der Waals surface area contributed by atoms with E-state index in [2.05, 4.69) is 10.9 Å². The zero-order valence-corrected chi connectivity index (χ0v) is 9.62. The van der Waals surface area contributed by atoms with Gasteiger partial charge < -0.3 is 4.90 Å². The van der Waals surface area contributed by atoms with Gasteiger partial charge in [-0.2, -0.15) is 0 Å². The predicted octanol–water partition coefficient (Wildman–Crippen LogP) is 2.18. The molecule has 0 saturated carbocycles. The van der Waals surface area contributed by atoms with Crippen molar-refractivity contribution in [1.29, 1.82) is 0 Å². The monoisotopic (exact) mass is 230 g/mol. The average molecular weight is 230 g/mol. The molecule has 16 heavy (non-hydrogen) atoms. The number of hydrogen-bond acceptors (Lipinski definition) is 4. The highest BCUT2D eigenvalue weighted by Gasteiger charge is 2.09. The third-order valence-electron chi connectivity index (χ3n) is 2.29. The van der Waals surface area contributed by atoms with Crippen molar-refractivity contribution in [3.05, 3.63) is 23.2 Å². The van der Waals surface area contributed by atoms with E-state index < -0.39 is 0 Å². The highest BCUT2D eigenvalue weighted by molar-refractivity contribution is 7.20. The summed E-state index contributed by atoms with van der Waals surface area (Å²) in [5.41, 5.74) is 1.01. The van der Waals surface area contributed by atoms with E-state index in [9.17, 15) is 4.79 Å². The number of aromatic nitrogens is 1. The molecule has 0 saturated heterocycles. The Morgan fingerprint density at radius 1 is 1.69 bits per heavy atom. The number of terminal acetylenes is 1. The number of carbonyl (C=O) groups is 1. The smallest absolute Gasteiger partial charge is 0.160 e. The molecule has 2 rings (SSSR count). The fraction of sp³-hybridized carbons (Fsp3) is 0.167. The first-order valence-electron chi connectivity index (χ1n) is 4.74. The van der Waals surface area contributed by atoms with Crippen LogP contribution >= 0.6 is 11.3 Å². The second-order valence-electron chi connectivity index (χ2n) is 3.38. The van der Waals surface area contributed by atoms with Crippen LogP contribution < -0.4 is 4.90 Å². The number of pyridine rings is 1. The maximum Gasteiger partial charge on any atom is 0.160 e. The van der Waals surface area contributed by atoms with Crippen LogP contribution in [0, 0.1) is 12.3 Å². The molecule has 0 amide bonds. The van der Waals surface area contributed by atoms with Gasteiger partial charge >= 0.3 is 0 Å². The molecular formula is C12H10N2OS. The summed E-state index contributed by atoms with van der Waals surface area (Å²) in [7, 11) is 1.92. The van der Waals surface area contributed by atoms with E-state index >= 15 is 0 Å². The minimum Gasteiger partial charge on any atom is -0.363 e. The van der Waals surface area contributed by atoms with E-state index in [0.717, 1.165) is 22.2 Å². The van der Waals surface area contributed by atoms with E-state index in [1.54, 1.807) is 6.20 Å². The number of anilines is 1. The zero-order chi connectivity index (χ0) is 11.5. The minimum absolute atomic E-state index is 0.533. The molecule has 2 aromatic heterocycles. The summed E-state index contributed by atoms with van der Waals surface area (Å²) in [5.74, 6) is 2.59. The van der Waals surface area contributed by atoms with Crippen LogP contribution in [-0.2, 0) is 0 Å². The lowest BCUT2D eigenvalue weighted by molar-refractivity contribution is 0.112. The van der Waals surface area contributed by atoms with Gasteiger partial charge in [0.15, 0.2) is 6.29 Å². The number of fused-ring (bicyclic) bond motifs is 1. The van der Waals surface area contributed by atoms with Gasteiger partial charge in [0.05, 0.1) is 11.4 Å². The maximum atomic E-state index is 10.7. The highest BCUT2D eigenvalue weighted by Crippen LogP contribution is 2.30. The van der Waals surface area contributed by atoms with E-state index in [0.29, 0.717) is 11.4 Å². The van der Waals surface area contributed by atoms with E-state index in [1.165, 1.54) is 11.3 Å². The Balaban J connectivity index is 2.57. The van der Waals surface area contributed by atoms with Crippen LogP contribution in [0.15, 0.2) is 18.3 Å². The largest absolute Gasteiger partial charge is 0.363 e. The number of hydrogen-bond donors (Lipinski definition) is 0. The Labute approximate surface area is 97.7 Å². The first-order chi connectivity index (χ1) is 7.76. The summed E-state index contributed by atoms with van der Waals surface area (Å²) in [5, 5.41) is 0.979. The molecular weight excluding hydrogens is 220 g/mol. The number of aldehydes is 1. The molecule has 0 aliphatic carbocycles. The Hall–Kier alpha value is -1.86. The second-order valence-corrected chi connectivity index (χ2v) is 4.44. The van der Waals surface area contributed by atoms with Gasteiger partial charge in [-0.05, 0) is 12.1 Å². The number of thiophene rings is 1. The molecule has 80 valence electrons. The standard InChI is InChI=1S/C12H10N2OS/c1-3-6-14(2)11-4-5-13-12-10(11)7-9(8-15)16-12/h1,4-5,7-8H,6H2,2H3. The average Bonchev–Trinajstić information content (AvgIpc) is 2.71. The highest BCUT2D eigenvalue weighted by atomic mass is 32.1. The molecule has 0 spiro atoms. The lowest BCUT2D eigenvalue weighted by Crippen LogP contribution is -2.17. The molecule has 0 aliphatic rings. The number of nitrogens with zero attached hydrogens (tertiary/aromatic N) is 2. The quantitative estimate of drug-likeness (QED) is 0.598. The van der Waals surface area contributed by atoms with Gasteiger partial charge in [-0.3, -0.25) is 4.79 Å². The van der Waals surface area contributed by atoms with Gasteiger partial charge in [-0.15, -0.1) is 17.8 Å². The molecule has 0 aliphatic heterocycles. The van der Waals surface area contributed by atoms with Crippen molar-refractivity contribution in [3.8, 4) is 12.3 Å². The van der Waals surface area contributed by atoms with Crippen molar-refractivity contribution < 1.29 is 4.79 Å². The van der Waals surface area contributed by atoms with Crippen molar-refractivity contribution in [2.24, 2.45) is 0 Å². The van der Waals surface area contributed by atoms with E-state index in [1.807, 2.05) is 24.1 Å². The molecule has 2 heterocycles. The first-order valence-corrected chi connectivity index (χ1v) is 5.56. The van der Waals surface area contributed by atoms with Crippen molar-refractivity contribution in [3.63, 3.8) is 0 Å². The fourth-order valence-corrected chi connectivity index (χ4v) is 2.39. The van der Waals surface area contributed by atoms with Gasteiger partial charge in [-0.1, -0.05) is 5.92 Å². The van der Waals surface area contributed by atoms with Crippen molar-refractivity contribution in [1.82, 2.24) is 4.98 Å². The summed E-state index contributed by atoms with van der Waals surface area (Å²) >= 11 is 1.39. The lowest BCUT2D eigenvalue weighted by atomic mass is 10.2. The van der Waals surface area contributed by atoms with Gasteiger partial charge in [0.2, 0.25) is 0 Å². The van der Waals surface area contributed by atoms with Crippen LogP contribution in [0.1, 0.15) is 9.67 Å². The Morgan fingerprint density at radius 2 is 2.50 bits per heavy atom. The third kappa shape index (κ3) is 1.77. The van der Waals surface area contributed by atoms with Gasteiger partial charge in [0, 0.05) is 24.3 Å². The molecule has 0 fully saturated rings. The van der Waals surface area contributed by atoms with Crippen LogP contribution in [0.3, 0.4) is 0 Å². The Morgan fingerprint density at radius 3 is 3.19 bits per heavy atom. The first kappa shape index (κ1) is 10.7. The van der Waals surface area contributed by atoms with Crippen molar-refractivity contribution in [2.45, 2.75) is 0 Å². The number of carbonyl (C=O) groups excluding carboxylic acids is 1. The van der Waals surface area contributed by atoms with Crippen LogP contribution in [0.25, 0.3) is 10.2 Å². The summed E-state index contributed by atoms with van der Waals surface area (Å²) in [4.78, 5) is 18.5. The SMILES string of the molecule is C#CCN(C)c1ccnc2sc(C=O)cc12. The Bertz CT molecular complexity index is 568. The van der Waals surface area contributed by atoms with Gasteiger partial charge in [0.25, 0.3) is 0 Å². The van der Waals surface area contributed by atoms with Gasteiger partial charge in [0.1, 0.15) is 4.83 Å². The molecule has 2 aromatic rings. The van der Waals surface area contributed by atoms with Crippen LogP contribution in [0.2, 0.25) is 0 Å². The third-order valence-corrected chi connectivity index (χ3v) is 3.26. The normalized spacial score (nSPS) is 10.0. The molecule has 0 unspecified atom stereocenters. The van der Waals surface area contributed by atoms with Crippen LogP contribution in [0.5, 0.6) is 0 Å². The van der Waals surface area contributed by atoms with Gasteiger partial charge in [-0.25, -0.2) is 4.98 Å². The molecule has 0 radical (unpaired) electrons.